The molecule has 230 valence electrons. The molecule has 0 heterocycles. The summed E-state index contributed by atoms with van der Waals surface area (Å²) in [6.45, 7) is 3.89. The molecule has 0 radical (unpaired) electrons. The lowest BCUT2D eigenvalue weighted by atomic mass is 9.96. The van der Waals surface area contributed by atoms with Crippen molar-refractivity contribution in [3.8, 4) is 44.9 Å². The zero-order valence-electron chi connectivity index (χ0n) is 22.8. The second kappa shape index (κ2) is 12.4. The number of hydrogen-bond donors (Lipinski definition) is 0. The average molecular weight is 631 g/mol. The van der Waals surface area contributed by atoms with Gasteiger partial charge in [0.15, 0.2) is 17.5 Å². The Balaban J connectivity index is 1.39. The van der Waals surface area contributed by atoms with E-state index >= 15 is 8.78 Å². The van der Waals surface area contributed by atoms with Crippen molar-refractivity contribution in [1.82, 2.24) is 0 Å². The Morgan fingerprint density at radius 1 is 0.533 bits per heavy atom. The summed E-state index contributed by atoms with van der Waals surface area (Å²) in [5.74, 6) is -11.8. The van der Waals surface area contributed by atoms with E-state index in [-0.39, 0.29) is 23.3 Å². The van der Waals surface area contributed by atoms with E-state index in [1.165, 1.54) is 18.2 Å². The highest BCUT2D eigenvalue weighted by Crippen LogP contribution is 2.39. The summed E-state index contributed by atoms with van der Waals surface area (Å²) < 4.78 is 139. The Bertz CT molecular complexity index is 1860. The fourth-order valence-corrected chi connectivity index (χ4v) is 4.54. The maximum Gasteiger partial charge on any atom is 0.432 e. The van der Waals surface area contributed by atoms with E-state index in [1.807, 2.05) is 0 Å². The molecular weight excluding hydrogens is 611 g/mol. The highest BCUT2D eigenvalue weighted by atomic mass is 19.3. The van der Waals surface area contributed by atoms with Crippen LogP contribution in [0, 0.1) is 40.7 Å². The van der Waals surface area contributed by atoms with E-state index in [0.29, 0.717) is 35.6 Å². The Labute approximate surface area is 250 Å². The van der Waals surface area contributed by atoms with Crippen molar-refractivity contribution in [3.63, 3.8) is 0 Å². The van der Waals surface area contributed by atoms with Gasteiger partial charge in [0, 0.05) is 23.3 Å². The van der Waals surface area contributed by atoms with Gasteiger partial charge in [-0.3, -0.25) is 0 Å². The maximum atomic E-state index is 15.2. The van der Waals surface area contributed by atoms with Crippen LogP contribution < -0.4 is 9.47 Å². The van der Waals surface area contributed by atoms with E-state index in [2.05, 4.69) is 11.3 Å². The van der Waals surface area contributed by atoms with Crippen LogP contribution in [0.25, 0.3) is 33.4 Å². The summed E-state index contributed by atoms with van der Waals surface area (Å²) in [5.41, 5.74) is -1.49. The molecule has 2 nitrogen and oxygen atoms in total. The van der Waals surface area contributed by atoms with Crippen LogP contribution in [0.15, 0.2) is 97.6 Å². The van der Waals surface area contributed by atoms with Crippen LogP contribution in [0.2, 0.25) is 0 Å². The Kier molecular flexibility index (Phi) is 8.63. The molecule has 0 bridgehead atoms. The molecule has 5 aromatic carbocycles. The van der Waals surface area contributed by atoms with Crippen molar-refractivity contribution in [1.29, 1.82) is 0 Å². The van der Waals surface area contributed by atoms with Gasteiger partial charge in [-0.15, -0.1) is 0 Å². The van der Waals surface area contributed by atoms with Crippen LogP contribution in [0.3, 0.4) is 0 Å². The van der Waals surface area contributed by atoms with Gasteiger partial charge >= 0.3 is 6.11 Å². The molecule has 5 aromatic rings. The van der Waals surface area contributed by atoms with Crippen molar-refractivity contribution < 1.29 is 49.0 Å². The molecule has 11 heteroatoms. The third-order valence-corrected chi connectivity index (χ3v) is 6.65. The Morgan fingerprint density at radius 3 is 1.58 bits per heavy atom. The number of hydrogen-bond acceptors (Lipinski definition) is 2. The maximum absolute atomic E-state index is 15.2. The van der Waals surface area contributed by atoms with Crippen LogP contribution in [0.4, 0.5) is 39.5 Å². The van der Waals surface area contributed by atoms with E-state index < -0.39 is 69.3 Å². The minimum absolute atomic E-state index is 0.0216. The van der Waals surface area contributed by atoms with Gasteiger partial charge in [-0.2, -0.15) is 8.78 Å². The van der Waals surface area contributed by atoms with Gasteiger partial charge in [0.25, 0.3) is 0 Å². The number of halogens is 9. The normalized spacial score (nSPS) is 11.4. The number of rotatable bonds is 9. The first-order valence-electron chi connectivity index (χ1n) is 13.0. The molecule has 0 fully saturated rings. The van der Waals surface area contributed by atoms with Crippen molar-refractivity contribution >= 4 is 0 Å². The predicted molar refractivity (Wildman–Crippen MR) is 149 cm³/mol. The van der Waals surface area contributed by atoms with Gasteiger partial charge < -0.3 is 9.47 Å². The van der Waals surface area contributed by atoms with Crippen molar-refractivity contribution in [2.75, 3.05) is 6.61 Å². The molecule has 0 aliphatic carbocycles. The van der Waals surface area contributed by atoms with Crippen molar-refractivity contribution in [2.24, 2.45) is 0 Å². The van der Waals surface area contributed by atoms with Crippen LogP contribution in [-0.2, 0) is 6.11 Å². The van der Waals surface area contributed by atoms with E-state index in [1.54, 1.807) is 36.4 Å². The van der Waals surface area contributed by atoms with Crippen LogP contribution >= 0.6 is 0 Å². The SMILES string of the molecule is C=CCOc1ccc(-c2ccc(-c3ccc(-c4cc(F)c(C(F)(F)Oc5cc(F)c(F)c(F)c5)c(F)c4)c(F)c3)c(F)c2)cc1. The number of alkyl halides is 2. The first kappa shape index (κ1) is 31.2. The molecule has 0 N–H and O–H groups in total. The van der Waals surface area contributed by atoms with E-state index in [9.17, 15) is 30.7 Å². The zero-order valence-corrected chi connectivity index (χ0v) is 22.8. The molecule has 0 atom stereocenters. The summed E-state index contributed by atoms with van der Waals surface area (Å²) in [5, 5.41) is 0. The molecule has 0 saturated heterocycles. The van der Waals surface area contributed by atoms with Crippen LogP contribution in [0.1, 0.15) is 5.56 Å². The van der Waals surface area contributed by atoms with Gasteiger partial charge in [0.2, 0.25) is 0 Å². The molecule has 0 aliphatic rings. The fourth-order valence-electron chi connectivity index (χ4n) is 4.54. The van der Waals surface area contributed by atoms with Crippen LogP contribution in [-0.4, -0.2) is 6.61 Å². The minimum atomic E-state index is -4.81. The minimum Gasteiger partial charge on any atom is -0.490 e. The van der Waals surface area contributed by atoms with Crippen molar-refractivity contribution in [2.45, 2.75) is 6.11 Å². The quantitative estimate of drug-likeness (QED) is 0.0917. The lowest BCUT2D eigenvalue weighted by Crippen LogP contribution is -2.25. The Hall–Kier alpha value is -5.19. The number of benzene rings is 5. The fraction of sp³-hybridized carbons (Fsp3) is 0.0588. The largest absolute Gasteiger partial charge is 0.490 e. The molecule has 0 aromatic heterocycles. The molecule has 0 aliphatic heterocycles. The smallest absolute Gasteiger partial charge is 0.432 e. The molecule has 0 saturated carbocycles. The van der Waals surface area contributed by atoms with Crippen molar-refractivity contribution in [3.05, 3.63) is 144 Å². The molecule has 5 rings (SSSR count). The van der Waals surface area contributed by atoms with Gasteiger partial charge in [-0.05, 0) is 58.7 Å². The molecule has 0 unspecified atom stereocenters. The highest BCUT2D eigenvalue weighted by Gasteiger charge is 2.41. The monoisotopic (exact) mass is 630 g/mol. The standard InChI is InChI=1S/C34H19F9O2/c1-2-11-44-22-7-3-18(4-8-22)19-5-9-24(26(35)12-19)20-6-10-25(27(36)13-20)21-14-28(37)32(29(38)15-21)34(42,43)45-23-16-30(39)33(41)31(40)17-23/h2-10,12-17H,1,11H2. The van der Waals surface area contributed by atoms with Gasteiger partial charge in [0.1, 0.15) is 46.9 Å². The topological polar surface area (TPSA) is 18.5 Å². The summed E-state index contributed by atoms with van der Waals surface area (Å²) >= 11 is 0. The van der Waals surface area contributed by atoms with Crippen LogP contribution in [0.5, 0.6) is 11.5 Å². The third-order valence-electron chi connectivity index (χ3n) is 6.65. The first-order valence-corrected chi connectivity index (χ1v) is 13.0. The second-order valence-corrected chi connectivity index (χ2v) is 9.65. The zero-order chi connectivity index (χ0) is 32.5. The predicted octanol–water partition coefficient (Wildman–Crippen LogP) is 10.4. The Morgan fingerprint density at radius 2 is 1.02 bits per heavy atom. The number of ether oxygens (including phenoxy) is 2. The summed E-state index contributed by atoms with van der Waals surface area (Å²) in [4.78, 5) is 0. The van der Waals surface area contributed by atoms with Gasteiger partial charge in [0.05, 0.1) is 0 Å². The third kappa shape index (κ3) is 6.52. The van der Waals surface area contributed by atoms with Gasteiger partial charge in [-0.25, -0.2) is 30.7 Å². The average Bonchev–Trinajstić information content (AvgIpc) is 2.98. The molecular formula is C34H19F9O2. The highest BCUT2D eigenvalue weighted by molar-refractivity contribution is 5.74. The summed E-state index contributed by atoms with van der Waals surface area (Å²) in [6, 6.07) is 15.4. The second-order valence-electron chi connectivity index (χ2n) is 9.65. The van der Waals surface area contributed by atoms with Gasteiger partial charge in [-0.1, -0.05) is 49.1 Å². The molecule has 45 heavy (non-hydrogen) atoms. The van der Waals surface area contributed by atoms with E-state index in [4.69, 9.17) is 4.74 Å². The first-order chi connectivity index (χ1) is 21.4. The summed E-state index contributed by atoms with van der Waals surface area (Å²) in [7, 11) is 0. The molecule has 0 spiro atoms. The lowest BCUT2D eigenvalue weighted by Gasteiger charge is -2.20. The summed E-state index contributed by atoms with van der Waals surface area (Å²) in [6.07, 6.45) is -3.22. The molecule has 0 amide bonds. The van der Waals surface area contributed by atoms with E-state index in [0.717, 1.165) is 12.1 Å². The lowest BCUT2D eigenvalue weighted by molar-refractivity contribution is -0.189.